The van der Waals surface area contributed by atoms with Gasteiger partial charge < -0.3 is 5.32 Å². The largest absolute Gasteiger partial charge is 0.348 e. The van der Waals surface area contributed by atoms with Gasteiger partial charge in [-0.1, -0.05) is 48.5 Å². The van der Waals surface area contributed by atoms with Crippen molar-refractivity contribution in [2.45, 2.75) is 6.54 Å². The fourth-order valence-corrected chi connectivity index (χ4v) is 2.85. The van der Waals surface area contributed by atoms with Gasteiger partial charge in [-0.15, -0.1) is 0 Å². The minimum Gasteiger partial charge on any atom is -0.348 e. The second kappa shape index (κ2) is 6.61. The third-order valence-electron chi connectivity index (χ3n) is 4.20. The number of carbonyl (C=O) groups is 1. The number of aromatic nitrogens is 2. The van der Waals surface area contributed by atoms with E-state index in [0.717, 1.165) is 22.2 Å². The lowest BCUT2D eigenvalue weighted by atomic mass is 10.0. The highest BCUT2D eigenvalue weighted by Gasteiger charge is 2.08. The van der Waals surface area contributed by atoms with Gasteiger partial charge in [-0.05, 0) is 35.4 Å². The van der Waals surface area contributed by atoms with Crippen LogP contribution >= 0.6 is 0 Å². The minimum absolute atomic E-state index is 0.0881. The van der Waals surface area contributed by atoms with Crippen LogP contribution in [0.3, 0.4) is 0 Å². The molecule has 0 aliphatic carbocycles. The number of benzene rings is 2. The van der Waals surface area contributed by atoms with Crippen LogP contribution in [-0.2, 0) is 6.54 Å². The molecule has 122 valence electrons. The SMILES string of the molecule is O=C(NCc1cnn2ccccc12)c1ccc(-c2ccccc2)cc1. The number of amides is 1. The molecule has 1 N–H and O–H groups in total. The number of nitrogens with zero attached hydrogens (tertiary/aromatic N) is 2. The van der Waals surface area contributed by atoms with Crippen molar-refractivity contribution in [2.24, 2.45) is 0 Å². The first kappa shape index (κ1) is 15.1. The maximum absolute atomic E-state index is 12.4. The fraction of sp³-hybridized carbons (Fsp3) is 0.0476. The number of rotatable bonds is 4. The Bertz CT molecular complexity index is 1000. The van der Waals surface area contributed by atoms with Crippen molar-refractivity contribution in [3.63, 3.8) is 0 Å². The Labute approximate surface area is 145 Å². The molecule has 4 heteroatoms. The molecule has 0 atom stereocenters. The summed E-state index contributed by atoms with van der Waals surface area (Å²) in [5.74, 6) is -0.0881. The van der Waals surface area contributed by atoms with Gasteiger partial charge in [0.2, 0.25) is 0 Å². The van der Waals surface area contributed by atoms with Crippen LogP contribution in [0.25, 0.3) is 16.6 Å². The molecule has 0 spiro atoms. The molecular weight excluding hydrogens is 310 g/mol. The Balaban J connectivity index is 1.46. The lowest BCUT2D eigenvalue weighted by molar-refractivity contribution is 0.0951. The number of carbonyl (C=O) groups excluding carboxylic acids is 1. The van der Waals surface area contributed by atoms with Crippen LogP contribution in [0, 0.1) is 0 Å². The van der Waals surface area contributed by atoms with E-state index < -0.39 is 0 Å². The smallest absolute Gasteiger partial charge is 0.251 e. The maximum Gasteiger partial charge on any atom is 0.251 e. The van der Waals surface area contributed by atoms with Crippen molar-refractivity contribution in [3.05, 3.63) is 96.3 Å². The summed E-state index contributed by atoms with van der Waals surface area (Å²) in [6, 6.07) is 23.6. The average molecular weight is 327 g/mol. The zero-order chi connectivity index (χ0) is 17.1. The zero-order valence-electron chi connectivity index (χ0n) is 13.6. The Morgan fingerprint density at radius 2 is 1.60 bits per heavy atom. The molecule has 0 fully saturated rings. The molecule has 0 unspecified atom stereocenters. The van der Waals surface area contributed by atoms with Gasteiger partial charge in [-0.25, -0.2) is 4.52 Å². The third-order valence-corrected chi connectivity index (χ3v) is 4.20. The van der Waals surface area contributed by atoms with E-state index >= 15 is 0 Å². The van der Waals surface area contributed by atoms with Crippen LogP contribution in [0.15, 0.2) is 85.2 Å². The van der Waals surface area contributed by atoms with Crippen LogP contribution in [0.1, 0.15) is 15.9 Å². The van der Waals surface area contributed by atoms with E-state index in [1.165, 1.54) is 0 Å². The summed E-state index contributed by atoms with van der Waals surface area (Å²) in [6.45, 7) is 0.451. The number of pyridine rings is 1. The topological polar surface area (TPSA) is 46.4 Å². The summed E-state index contributed by atoms with van der Waals surface area (Å²) >= 11 is 0. The van der Waals surface area contributed by atoms with Crippen LogP contribution in [-0.4, -0.2) is 15.5 Å². The molecule has 0 bridgehead atoms. The summed E-state index contributed by atoms with van der Waals surface area (Å²) in [6.07, 6.45) is 3.68. The molecule has 4 nitrogen and oxygen atoms in total. The predicted octanol–water partition coefficient (Wildman–Crippen LogP) is 3.93. The van der Waals surface area contributed by atoms with E-state index in [0.29, 0.717) is 12.1 Å². The van der Waals surface area contributed by atoms with Crippen molar-refractivity contribution in [1.29, 1.82) is 0 Å². The number of hydrogen-bond acceptors (Lipinski definition) is 2. The van der Waals surface area contributed by atoms with E-state index in [1.807, 2.05) is 66.9 Å². The molecule has 4 aromatic rings. The average Bonchev–Trinajstić information content (AvgIpc) is 3.10. The van der Waals surface area contributed by atoms with E-state index in [1.54, 1.807) is 10.7 Å². The molecule has 0 aliphatic rings. The zero-order valence-corrected chi connectivity index (χ0v) is 13.6. The van der Waals surface area contributed by atoms with Crippen molar-refractivity contribution >= 4 is 11.4 Å². The highest BCUT2D eigenvalue weighted by molar-refractivity contribution is 5.94. The molecule has 0 aliphatic heterocycles. The normalized spacial score (nSPS) is 10.7. The second-order valence-corrected chi connectivity index (χ2v) is 5.83. The fourth-order valence-electron chi connectivity index (χ4n) is 2.85. The third kappa shape index (κ3) is 3.15. The number of nitrogens with one attached hydrogen (secondary N) is 1. The van der Waals surface area contributed by atoms with E-state index in [2.05, 4.69) is 22.5 Å². The number of fused-ring (bicyclic) bond motifs is 1. The van der Waals surface area contributed by atoms with E-state index in [4.69, 9.17) is 0 Å². The number of hydrogen-bond donors (Lipinski definition) is 1. The van der Waals surface area contributed by atoms with Crippen LogP contribution in [0.2, 0.25) is 0 Å². The summed E-state index contributed by atoms with van der Waals surface area (Å²) in [7, 11) is 0. The first-order valence-corrected chi connectivity index (χ1v) is 8.16. The van der Waals surface area contributed by atoms with E-state index in [9.17, 15) is 4.79 Å². The van der Waals surface area contributed by atoms with Gasteiger partial charge in [-0.2, -0.15) is 5.10 Å². The first-order valence-electron chi connectivity index (χ1n) is 8.16. The minimum atomic E-state index is -0.0881. The van der Waals surface area contributed by atoms with Crippen LogP contribution in [0.4, 0.5) is 0 Å². The Kier molecular flexibility index (Phi) is 4.01. The van der Waals surface area contributed by atoms with Gasteiger partial charge in [0.05, 0.1) is 11.7 Å². The van der Waals surface area contributed by atoms with Gasteiger partial charge in [0.15, 0.2) is 0 Å². The monoisotopic (exact) mass is 327 g/mol. The Morgan fingerprint density at radius 3 is 2.40 bits per heavy atom. The van der Waals surface area contributed by atoms with Gasteiger partial charge in [0, 0.05) is 23.9 Å². The van der Waals surface area contributed by atoms with Gasteiger partial charge >= 0.3 is 0 Å². The molecule has 4 rings (SSSR count). The molecule has 0 radical (unpaired) electrons. The molecule has 1 amide bonds. The first-order chi connectivity index (χ1) is 12.3. The van der Waals surface area contributed by atoms with Gasteiger partial charge in [0.1, 0.15) is 0 Å². The highest BCUT2D eigenvalue weighted by atomic mass is 16.1. The van der Waals surface area contributed by atoms with Crippen molar-refractivity contribution in [2.75, 3.05) is 0 Å². The molecular formula is C21H17N3O. The molecule has 2 aromatic heterocycles. The van der Waals surface area contributed by atoms with Crippen molar-refractivity contribution in [3.8, 4) is 11.1 Å². The summed E-state index contributed by atoms with van der Waals surface area (Å²) in [5.41, 5.74) is 4.88. The summed E-state index contributed by atoms with van der Waals surface area (Å²) < 4.78 is 1.80. The Hall–Kier alpha value is -3.40. The predicted molar refractivity (Wildman–Crippen MR) is 98.2 cm³/mol. The lowest BCUT2D eigenvalue weighted by Crippen LogP contribution is -2.22. The Morgan fingerprint density at radius 1 is 0.880 bits per heavy atom. The van der Waals surface area contributed by atoms with E-state index in [-0.39, 0.29) is 5.91 Å². The molecule has 2 aromatic carbocycles. The standard InChI is InChI=1S/C21H17N3O/c25-21(22-14-19-15-23-24-13-5-4-8-20(19)24)18-11-9-17(10-12-18)16-6-2-1-3-7-16/h1-13,15H,14H2,(H,22,25). The quantitative estimate of drug-likeness (QED) is 0.617. The molecule has 0 saturated carbocycles. The van der Waals surface area contributed by atoms with Crippen molar-refractivity contribution < 1.29 is 4.79 Å². The maximum atomic E-state index is 12.4. The van der Waals surface area contributed by atoms with Gasteiger partial charge in [0.25, 0.3) is 5.91 Å². The highest BCUT2D eigenvalue weighted by Crippen LogP contribution is 2.19. The second-order valence-electron chi connectivity index (χ2n) is 5.83. The van der Waals surface area contributed by atoms with Crippen LogP contribution < -0.4 is 5.32 Å². The lowest BCUT2D eigenvalue weighted by Gasteiger charge is -2.06. The molecule has 25 heavy (non-hydrogen) atoms. The molecule has 2 heterocycles. The molecule has 0 saturated heterocycles. The van der Waals surface area contributed by atoms with Crippen LogP contribution in [0.5, 0.6) is 0 Å². The summed E-state index contributed by atoms with van der Waals surface area (Å²) in [4.78, 5) is 12.4. The van der Waals surface area contributed by atoms with Gasteiger partial charge in [-0.3, -0.25) is 4.79 Å². The van der Waals surface area contributed by atoms with Crippen molar-refractivity contribution in [1.82, 2.24) is 14.9 Å². The summed E-state index contributed by atoms with van der Waals surface area (Å²) in [5, 5.41) is 7.24.